The number of fused-ring (bicyclic) bond motifs is 1. The van der Waals surface area contributed by atoms with Crippen LogP contribution in [-0.4, -0.2) is 41.2 Å². The molecular weight excluding hydrogens is 290 g/mol. The van der Waals surface area contributed by atoms with Crippen LogP contribution in [0.2, 0.25) is 5.02 Å². The molecule has 3 rings (SSSR count). The summed E-state index contributed by atoms with van der Waals surface area (Å²) in [6.45, 7) is 2.34. The van der Waals surface area contributed by atoms with E-state index in [1.807, 2.05) is 18.2 Å². The molecule has 1 aromatic carbocycles. The highest BCUT2D eigenvalue weighted by Gasteiger charge is 2.36. The van der Waals surface area contributed by atoms with Crippen molar-refractivity contribution in [2.45, 2.75) is 24.9 Å². The van der Waals surface area contributed by atoms with Crippen LogP contribution in [0.5, 0.6) is 5.75 Å². The van der Waals surface area contributed by atoms with Crippen molar-refractivity contribution in [1.82, 2.24) is 4.90 Å². The topological polar surface area (TPSA) is 49.8 Å². The third-order valence-electron chi connectivity index (χ3n) is 4.20. The molecule has 0 atom stereocenters. The van der Waals surface area contributed by atoms with Gasteiger partial charge in [-0.05, 0) is 24.3 Å². The summed E-state index contributed by atoms with van der Waals surface area (Å²) < 4.78 is 6.20. The number of rotatable bonds is 3. The van der Waals surface area contributed by atoms with Gasteiger partial charge >= 0.3 is 5.97 Å². The SMILES string of the molecule is O=C(O)CCN1CCC2(C=Cc3cc(Cl)ccc3O2)CC1. The second-order valence-corrected chi connectivity index (χ2v) is 6.10. The summed E-state index contributed by atoms with van der Waals surface area (Å²) in [6.07, 6.45) is 6.17. The number of ether oxygens (including phenoxy) is 1. The number of carboxylic acid groups (broad SMARTS) is 1. The normalized spacial score (nSPS) is 20.0. The predicted molar refractivity (Wildman–Crippen MR) is 81.8 cm³/mol. The first-order valence-electron chi connectivity index (χ1n) is 7.18. The Balaban J connectivity index is 1.64. The summed E-state index contributed by atoms with van der Waals surface area (Å²) in [5, 5.41) is 9.45. The van der Waals surface area contributed by atoms with Crippen LogP contribution < -0.4 is 4.74 Å². The van der Waals surface area contributed by atoms with Gasteiger partial charge in [-0.25, -0.2) is 0 Å². The van der Waals surface area contributed by atoms with E-state index in [1.54, 1.807) is 0 Å². The highest BCUT2D eigenvalue weighted by molar-refractivity contribution is 6.30. The molecule has 1 spiro atoms. The quantitative estimate of drug-likeness (QED) is 0.932. The lowest BCUT2D eigenvalue weighted by molar-refractivity contribution is -0.137. The van der Waals surface area contributed by atoms with Crippen molar-refractivity contribution in [3.63, 3.8) is 0 Å². The number of aliphatic carboxylic acids is 1. The van der Waals surface area contributed by atoms with Gasteiger partial charge < -0.3 is 14.7 Å². The minimum absolute atomic E-state index is 0.199. The molecule has 1 aromatic rings. The van der Waals surface area contributed by atoms with Crippen LogP contribution in [0, 0.1) is 0 Å². The zero-order chi connectivity index (χ0) is 14.9. The van der Waals surface area contributed by atoms with E-state index in [-0.39, 0.29) is 12.0 Å². The molecule has 21 heavy (non-hydrogen) atoms. The Hall–Kier alpha value is -1.52. The van der Waals surface area contributed by atoms with Crippen LogP contribution in [0.4, 0.5) is 0 Å². The summed E-state index contributed by atoms with van der Waals surface area (Å²) in [5.74, 6) is 0.135. The van der Waals surface area contributed by atoms with E-state index in [1.165, 1.54) is 0 Å². The van der Waals surface area contributed by atoms with E-state index < -0.39 is 5.97 Å². The molecule has 2 aliphatic heterocycles. The molecule has 2 heterocycles. The maximum Gasteiger partial charge on any atom is 0.304 e. The number of likely N-dealkylation sites (tertiary alicyclic amines) is 1. The smallest absolute Gasteiger partial charge is 0.304 e. The van der Waals surface area contributed by atoms with Gasteiger partial charge in [0.1, 0.15) is 11.4 Å². The van der Waals surface area contributed by atoms with Crippen LogP contribution >= 0.6 is 11.6 Å². The van der Waals surface area contributed by atoms with Gasteiger partial charge in [-0.15, -0.1) is 0 Å². The zero-order valence-electron chi connectivity index (χ0n) is 11.7. The van der Waals surface area contributed by atoms with Crippen molar-refractivity contribution in [3.8, 4) is 5.75 Å². The molecule has 0 amide bonds. The van der Waals surface area contributed by atoms with Gasteiger partial charge in [0.25, 0.3) is 0 Å². The molecule has 0 saturated carbocycles. The number of piperidine rings is 1. The average molecular weight is 308 g/mol. The Morgan fingerprint density at radius 2 is 2.14 bits per heavy atom. The van der Waals surface area contributed by atoms with Crippen LogP contribution in [0.1, 0.15) is 24.8 Å². The van der Waals surface area contributed by atoms with Gasteiger partial charge in [0.2, 0.25) is 0 Å². The fourth-order valence-corrected chi connectivity index (χ4v) is 3.10. The third kappa shape index (κ3) is 3.22. The lowest BCUT2D eigenvalue weighted by Gasteiger charge is -2.41. The number of hydrogen-bond donors (Lipinski definition) is 1. The van der Waals surface area contributed by atoms with Crippen molar-refractivity contribution in [2.24, 2.45) is 0 Å². The molecule has 112 valence electrons. The van der Waals surface area contributed by atoms with Gasteiger partial charge in [-0.1, -0.05) is 17.7 Å². The average Bonchev–Trinajstić information content (AvgIpc) is 2.47. The molecule has 0 bridgehead atoms. The molecule has 1 fully saturated rings. The second-order valence-electron chi connectivity index (χ2n) is 5.67. The van der Waals surface area contributed by atoms with E-state index in [9.17, 15) is 4.79 Å². The van der Waals surface area contributed by atoms with Crippen molar-refractivity contribution >= 4 is 23.6 Å². The number of carboxylic acids is 1. The number of carbonyl (C=O) groups is 1. The first-order valence-corrected chi connectivity index (χ1v) is 7.56. The molecule has 0 aromatic heterocycles. The molecule has 2 aliphatic rings. The summed E-state index contributed by atoms with van der Waals surface area (Å²) in [7, 11) is 0. The van der Waals surface area contributed by atoms with Gasteiger partial charge in [-0.2, -0.15) is 0 Å². The molecule has 0 unspecified atom stereocenters. The largest absolute Gasteiger partial charge is 0.482 e. The number of benzene rings is 1. The molecule has 4 nitrogen and oxygen atoms in total. The number of nitrogens with zero attached hydrogens (tertiary/aromatic N) is 1. The second kappa shape index (κ2) is 5.70. The lowest BCUT2D eigenvalue weighted by atomic mass is 9.88. The fraction of sp³-hybridized carbons (Fsp3) is 0.438. The summed E-state index contributed by atoms with van der Waals surface area (Å²) in [6, 6.07) is 5.66. The Morgan fingerprint density at radius 3 is 2.86 bits per heavy atom. The van der Waals surface area contributed by atoms with E-state index in [0.717, 1.165) is 37.2 Å². The van der Waals surface area contributed by atoms with E-state index in [0.29, 0.717) is 11.6 Å². The minimum atomic E-state index is -0.741. The van der Waals surface area contributed by atoms with Gasteiger partial charge in [0.15, 0.2) is 0 Å². The lowest BCUT2D eigenvalue weighted by Crippen LogP contribution is -2.48. The summed E-state index contributed by atoms with van der Waals surface area (Å²) in [4.78, 5) is 12.8. The van der Waals surface area contributed by atoms with E-state index in [2.05, 4.69) is 17.1 Å². The van der Waals surface area contributed by atoms with Crippen LogP contribution in [0.3, 0.4) is 0 Å². The van der Waals surface area contributed by atoms with Gasteiger partial charge in [0.05, 0.1) is 6.42 Å². The Bertz CT molecular complexity index is 577. The van der Waals surface area contributed by atoms with E-state index in [4.69, 9.17) is 21.4 Å². The first-order chi connectivity index (χ1) is 10.1. The Labute approximate surface area is 129 Å². The van der Waals surface area contributed by atoms with E-state index >= 15 is 0 Å². The molecule has 0 aliphatic carbocycles. The zero-order valence-corrected chi connectivity index (χ0v) is 12.5. The number of halogens is 1. The molecule has 1 saturated heterocycles. The Kier molecular flexibility index (Phi) is 3.91. The third-order valence-corrected chi connectivity index (χ3v) is 4.43. The van der Waals surface area contributed by atoms with Crippen LogP contribution in [0.15, 0.2) is 24.3 Å². The summed E-state index contributed by atoms with van der Waals surface area (Å²) in [5.41, 5.74) is 0.766. The highest BCUT2D eigenvalue weighted by Crippen LogP contribution is 2.37. The fourth-order valence-electron chi connectivity index (χ4n) is 2.91. The Morgan fingerprint density at radius 1 is 1.38 bits per heavy atom. The monoisotopic (exact) mass is 307 g/mol. The minimum Gasteiger partial charge on any atom is -0.482 e. The van der Waals surface area contributed by atoms with Crippen molar-refractivity contribution < 1.29 is 14.6 Å². The predicted octanol–water partition coefficient (Wildman–Crippen LogP) is 3.05. The van der Waals surface area contributed by atoms with Crippen molar-refractivity contribution in [3.05, 3.63) is 34.9 Å². The van der Waals surface area contributed by atoms with Crippen molar-refractivity contribution in [2.75, 3.05) is 19.6 Å². The standard InChI is InChI=1S/C16H18ClNO3/c17-13-1-2-14-12(11-13)3-5-16(21-14)6-9-18(10-7-16)8-4-15(19)20/h1-3,5,11H,4,6-10H2,(H,19,20). The van der Waals surface area contributed by atoms with Gasteiger partial charge in [-0.3, -0.25) is 4.79 Å². The molecule has 1 N–H and O–H groups in total. The highest BCUT2D eigenvalue weighted by atomic mass is 35.5. The van der Waals surface area contributed by atoms with Crippen molar-refractivity contribution in [1.29, 1.82) is 0 Å². The first kappa shape index (κ1) is 14.4. The number of hydrogen-bond acceptors (Lipinski definition) is 3. The van der Waals surface area contributed by atoms with Crippen LogP contribution in [0.25, 0.3) is 6.08 Å². The molecule has 5 heteroatoms. The maximum atomic E-state index is 10.6. The van der Waals surface area contributed by atoms with Crippen LogP contribution in [-0.2, 0) is 4.79 Å². The molecule has 0 radical (unpaired) electrons. The van der Waals surface area contributed by atoms with Gasteiger partial charge in [0, 0.05) is 43.1 Å². The summed E-state index contributed by atoms with van der Waals surface area (Å²) >= 11 is 5.99. The maximum absolute atomic E-state index is 10.6. The molecular formula is C16H18ClNO3.